The first-order valence-electron chi connectivity index (χ1n) is 4.48. The summed E-state index contributed by atoms with van der Waals surface area (Å²) in [5, 5.41) is 0. The van der Waals surface area contributed by atoms with E-state index in [4.69, 9.17) is 0 Å². The number of hydrogen-bond acceptors (Lipinski definition) is 1. The van der Waals surface area contributed by atoms with E-state index in [1.165, 1.54) is 25.7 Å². The molecular weight excluding hydrogens is 216 g/mol. The summed E-state index contributed by atoms with van der Waals surface area (Å²) in [6.07, 6.45) is 7.27. The Bertz CT molecular complexity index is 255. The molecule has 3 heteroatoms. The molecule has 1 saturated carbocycles. The Morgan fingerprint density at radius 2 is 2.17 bits per heavy atom. The van der Waals surface area contributed by atoms with E-state index in [-0.39, 0.29) is 0 Å². The third-order valence-corrected chi connectivity index (χ3v) is 3.21. The molecule has 0 aromatic carbocycles. The molecule has 0 atom stereocenters. The van der Waals surface area contributed by atoms with E-state index < -0.39 is 0 Å². The summed E-state index contributed by atoms with van der Waals surface area (Å²) in [5.74, 6) is 1.13. The first kappa shape index (κ1) is 8.30. The van der Waals surface area contributed by atoms with Crippen molar-refractivity contribution in [2.24, 2.45) is 0 Å². The van der Waals surface area contributed by atoms with Crippen molar-refractivity contribution in [1.82, 2.24) is 9.55 Å². The number of aryl methyl sites for hydroxylation is 1. The largest absolute Gasteiger partial charge is 0.320 e. The first-order chi connectivity index (χ1) is 5.79. The highest BCUT2D eigenvalue weighted by molar-refractivity contribution is 9.10. The van der Waals surface area contributed by atoms with Crippen LogP contribution in [-0.2, 0) is 0 Å². The average Bonchev–Trinajstić information content (AvgIpc) is 2.61. The molecule has 0 unspecified atom stereocenters. The molecule has 1 aromatic rings. The van der Waals surface area contributed by atoms with Crippen molar-refractivity contribution in [3.63, 3.8) is 0 Å². The first-order valence-corrected chi connectivity index (χ1v) is 5.27. The topological polar surface area (TPSA) is 17.8 Å². The molecule has 0 aliphatic heterocycles. The predicted octanol–water partition coefficient (Wildman–Crippen LogP) is 3.07. The second-order valence-corrected chi connectivity index (χ2v) is 4.25. The minimum absolute atomic E-state index is 0.696. The summed E-state index contributed by atoms with van der Waals surface area (Å²) in [6.45, 7) is 2.07. The molecule has 0 amide bonds. The van der Waals surface area contributed by atoms with Crippen LogP contribution >= 0.6 is 15.9 Å². The van der Waals surface area contributed by atoms with Crippen LogP contribution in [0.3, 0.4) is 0 Å². The molecule has 1 aliphatic carbocycles. The SMILES string of the molecule is Cc1ncc(Br)n1C1CCCC1. The van der Waals surface area contributed by atoms with Crippen LogP contribution in [0.25, 0.3) is 0 Å². The van der Waals surface area contributed by atoms with Crippen LogP contribution < -0.4 is 0 Å². The molecule has 2 rings (SSSR count). The van der Waals surface area contributed by atoms with Gasteiger partial charge in [0, 0.05) is 6.04 Å². The van der Waals surface area contributed by atoms with Crippen molar-refractivity contribution >= 4 is 15.9 Å². The van der Waals surface area contributed by atoms with Gasteiger partial charge in [0.1, 0.15) is 10.4 Å². The van der Waals surface area contributed by atoms with E-state index in [2.05, 4.69) is 32.4 Å². The molecule has 0 bridgehead atoms. The molecule has 0 N–H and O–H groups in total. The smallest absolute Gasteiger partial charge is 0.106 e. The van der Waals surface area contributed by atoms with E-state index in [9.17, 15) is 0 Å². The lowest BCUT2D eigenvalue weighted by Gasteiger charge is -2.14. The van der Waals surface area contributed by atoms with Crippen LogP contribution in [0.15, 0.2) is 10.8 Å². The van der Waals surface area contributed by atoms with Gasteiger partial charge in [0.25, 0.3) is 0 Å². The molecule has 1 aliphatic rings. The van der Waals surface area contributed by atoms with Crippen molar-refractivity contribution in [1.29, 1.82) is 0 Å². The number of hydrogen-bond donors (Lipinski definition) is 0. The van der Waals surface area contributed by atoms with Crippen LogP contribution in [0.4, 0.5) is 0 Å². The number of rotatable bonds is 1. The molecule has 66 valence electrons. The lowest BCUT2D eigenvalue weighted by Crippen LogP contribution is -2.06. The van der Waals surface area contributed by atoms with E-state index in [0.717, 1.165) is 10.4 Å². The Balaban J connectivity index is 2.30. The fraction of sp³-hybridized carbons (Fsp3) is 0.667. The molecule has 1 aromatic heterocycles. The standard InChI is InChI=1S/C9H13BrN2/c1-7-11-6-9(10)12(7)8-4-2-3-5-8/h6,8H,2-5H2,1H3. The van der Waals surface area contributed by atoms with E-state index in [0.29, 0.717) is 6.04 Å². The Morgan fingerprint density at radius 3 is 2.67 bits per heavy atom. The predicted molar refractivity (Wildman–Crippen MR) is 52.2 cm³/mol. The fourth-order valence-corrected chi connectivity index (χ4v) is 2.68. The van der Waals surface area contributed by atoms with Crippen molar-refractivity contribution in [2.75, 3.05) is 0 Å². The third-order valence-electron chi connectivity index (χ3n) is 2.63. The van der Waals surface area contributed by atoms with Gasteiger partial charge in [0.15, 0.2) is 0 Å². The summed E-state index contributed by atoms with van der Waals surface area (Å²) in [6, 6.07) is 0.696. The van der Waals surface area contributed by atoms with E-state index in [1.807, 2.05) is 6.20 Å². The van der Waals surface area contributed by atoms with Crippen molar-refractivity contribution < 1.29 is 0 Å². The molecule has 1 fully saturated rings. The summed E-state index contributed by atoms with van der Waals surface area (Å²) >= 11 is 3.53. The number of aromatic nitrogens is 2. The Labute approximate surface area is 81.1 Å². The highest BCUT2D eigenvalue weighted by Gasteiger charge is 2.19. The molecule has 0 radical (unpaired) electrons. The molecule has 1 heterocycles. The van der Waals surface area contributed by atoms with Gasteiger partial charge in [-0.25, -0.2) is 4.98 Å². The van der Waals surface area contributed by atoms with Gasteiger partial charge >= 0.3 is 0 Å². The normalized spacial score (nSPS) is 18.8. The Morgan fingerprint density at radius 1 is 1.50 bits per heavy atom. The van der Waals surface area contributed by atoms with Gasteiger partial charge in [-0.05, 0) is 35.7 Å². The molecule has 2 nitrogen and oxygen atoms in total. The molecule has 0 spiro atoms. The number of imidazole rings is 1. The van der Waals surface area contributed by atoms with Gasteiger partial charge in [0.05, 0.1) is 6.20 Å². The number of nitrogens with zero attached hydrogens (tertiary/aromatic N) is 2. The van der Waals surface area contributed by atoms with Crippen LogP contribution in [0.5, 0.6) is 0 Å². The van der Waals surface area contributed by atoms with Gasteiger partial charge in [-0.3, -0.25) is 0 Å². The van der Waals surface area contributed by atoms with Crippen LogP contribution in [0.1, 0.15) is 37.5 Å². The second-order valence-electron chi connectivity index (χ2n) is 3.44. The zero-order valence-corrected chi connectivity index (χ0v) is 8.84. The van der Waals surface area contributed by atoms with Crippen LogP contribution in [0, 0.1) is 6.92 Å². The Kier molecular flexibility index (Phi) is 2.22. The number of halogens is 1. The third kappa shape index (κ3) is 1.30. The lowest BCUT2D eigenvalue weighted by atomic mass is 10.2. The molecule has 12 heavy (non-hydrogen) atoms. The van der Waals surface area contributed by atoms with Crippen molar-refractivity contribution in [3.05, 3.63) is 16.6 Å². The fourth-order valence-electron chi connectivity index (χ4n) is 2.03. The van der Waals surface area contributed by atoms with Crippen molar-refractivity contribution in [2.45, 2.75) is 38.6 Å². The summed E-state index contributed by atoms with van der Waals surface area (Å²) < 4.78 is 3.44. The van der Waals surface area contributed by atoms with Gasteiger partial charge in [-0.2, -0.15) is 0 Å². The minimum atomic E-state index is 0.696. The van der Waals surface area contributed by atoms with Gasteiger partial charge in [-0.1, -0.05) is 12.8 Å². The molecule has 0 saturated heterocycles. The quantitative estimate of drug-likeness (QED) is 0.723. The van der Waals surface area contributed by atoms with E-state index in [1.54, 1.807) is 0 Å². The monoisotopic (exact) mass is 228 g/mol. The summed E-state index contributed by atoms with van der Waals surface area (Å²) in [4.78, 5) is 4.28. The Hall–Kier alpha value is -0.310. The molecular formula is C9H13BrN2. The summed E-state index contributed by atoms with van der Waals surface area (Å²) in [7, 11) is 0. The highest BCUT2D eigenvalue weighted by Crippen LogP contribution is 2.32. The maximum Gasteiger partial charge on any atom is 0.106 e. The zero-order valence-electron chi connectivity index (χ0n) is 7.26. The van der Waals surface area contributed by atoms with Crippen molar-refractivity contribution in [3.8, 4) is 0 Å². The highest BCUT2D eigenvalue weighted by atomic mass is 79.9. The van der Waals surface area contributed by atoms with Crippen LogP contribution in [-0.4, -0.2) is 9.55 Å². The van der Waals surface area contributed by atoms with Gasteiger partial charge in [0.2, 0.25) is 0 Å². The average molecular weight is 229 g/mol. The van der Waals surface area contributed by atoms with Crippen LogP contribution in [0.2, 0.25) is 0 Å². The maximum absolute atomic E-state index is 4.28. The zero-order chi connectivity index (χ0) is 8.55. The lowest BCUT2D eigenvalue weighted by molar-refractivity contribution is 0.498. The van der Waals surface area contributed by atoms with Gasteiger partial charge < -0.3 is 4.57 Å². The summed E-state index contributed by atoms with van der Waals surface area (Å²) in [5.41, 5.74) is 0. The van der Waals surface area contributed by atoms with Gasteiger partial charge in [-0.15, -0.1) is 0 Å². The maximum atomic E-state index is 4.28. The minimum Gasteiger partial charge on any atom is -0.320 e. The second kappa shape index (κ2) is 3.21. The van der Waals surface area contributed by atoms with E-state index >= 15 is 0 Å².